The van der Waals surface area contributed by atoms with Crippen LogP contribution in [0.5, 0.6) is 0 Å². The van der Waals surface area contributed by atoms with Crippen LogP contribution in [0, 0.1) is 0 Å². The van der Waals surface area contributed by atoms with Gasteiger partial charge in [-0.05, 0) is 11.0 Å². The van der Waals surface area contributed by atoms with Crippen molar-refractivity contribution < 1.29 is 9.63 Å². The first-order valence-corrected chi connectivity index (χ1v) is 5.33. The lowest BCUT2D eigenvalue weighted by Crippen LogP contribution is -2.32. The fourth-order valence-corrected chi connectivity index (χ4v) is 1.58. The molecular formula is C13H19NO2. The summed E-state index contributed by atoms with van der Waals surface area (Å²) in [5, 5.41) is 1.27. The van der Waals surface area contributed by atoms with Gasteiger partial charge in [-0.1, -0.05) is 44.2 Å². The van der Waals surface area contributed by atoms with Crippen LogP contribution in [0.15, 0.2) is 30.3 Å². The average Bonchev–Trinajstić information content (AvgIpc) is 2.28. The van der Waals surface area contributed by atoms with Crippen LogP contribution < -0.4 is 0 Å². The van der Waals surface area contributed by atoms with Crippen molar-refractivity contribution in [3.05, 3.63) is 35.9 Å². The minimum Gasteiger partial charge on any atom is -0.275 e. The van der Waals surface area contributed by atoms with Crippen molar-refractivity contribution in [1.29, 1.82) is 0 Å². The summed E-state index contributed by atoms with van der Waals surface area (Å²) in [7, 11) is 3.12. The number of carbonyl (C=O) groups excluding carboxylic acids is 1. The third kappa shape index (κ3) is 3.07. The monoisotopic (exact) mass is 221 g/mol. The van der Waals surface area contributed by atoms with E-state index in [1.807, 2.05) is 30.3 Å². The second-order valence-corrected chi connectivity index (χ2v) is 4.50. The summed E-state index contributed by atoms with van der Waals surface area (Å²) in [4.78, 5) is 16.6. The highest BCUT2D eigenvalue weighted by atomic mass is 16.7. The fourth-order valence-electron chi connectivity index (χ4n) is 1.58. The molecular weight excluding hydrogens is 202 g/mol. The topological polar surface area (TPSA) is 29.5 Å². The van der Waals surface area contributed by atoms with E-state index in [0.717, 1.165) is 5.56 Å². The van der Waals surface area contributed by atoms with E-state index in [1.54, 1.807) is 7.05 Å². The molecule has 0 spiro atoms. The van der Waals surface area contributed by atoms with E-state index in [9.17, 15) is 4.79 Å². The maximum atomic E-state index is 11.8. The Bertz CT molecular complexity index is 346. The fraction of sp³-hybridized carbons (Fsp3) is 0.462. The van der Waals surface area contributed by atoms with Crippen molar-refractivity contribution in [3.8, 4) is 0 Å². The summed E-state index contributed by atoms with van der Waals surface area (Å²) in [6.07, 6.45) is 0.432. The molecule has 3 heteroatoms. The molecule has 0 aliphatic heterocycles. The summed E-state index contributed by atoms with van der Waals surface area (Å²) in [5.74, 6) is -0.0173. The molecule has 1 aromatic rings. The maximum Gasteiger partial charge on any atom is 0.246 e. The van der Waals surface area contributed by atoms with Gasteiger partial charge in [-0.25, -0.2) is 5.06 Å². The molecule has 0 heterocycles. The first-order valence-electron chi connectivity index (χ1n) is 5.33. The molecule has 0 N–H and O–H groups in total. The van der Waals surface area contributed by atoms with E-state index in [2.05, 4.69) is 13.8 Å². The van der Waals surface area contributed by atoms with Gasteiger partial charge in [-0.3, -0.25) is 9.63 Å². The smallest absolute Gasteiger partial charge is 0.246 e. The lowest BCUT2D eigenvalue weighted by Gasteiger charge is -2.26. The highest BCUT2D eigenvalue weighted by Crippen LogP contribution is 2.27. The van der Waals surface area contributed by atoms with Gasteiger partial charge in [-0.2, -0.15) is 0 Å². The first-order chi connectivity index (χ1) is 7.47. The molecule has 0 radical (unpaired) electrons. The van der Waals surface area contributed by atoms with Crippen LogP contribution in [0.1, 0.15) is 25.8 Å². The number of hydroxylamine groups is 2. The van der Waals surface area contributed by atoms with Gasteiger partial charge in [0.1, 0.15) is 0 Å². The lowest BCUT2D eigenvalue weighted by molar-refractivity contribution is -0.169. The number of nitrogens with zero attached hydrogens (tertiary/aromatic N) is 1. The zero-order valence-electron chi connectivity index (χ0n) is 10.4. The van der Waals surface area contributed by atoms with Crippen LogP contribution in [-0.4, -0.2) is 25.1 Å². The average molecular weight is 221 g/mol. The first kappa shape index (κ1) is 12.7. The van der Waals surface area contributed by atoms with Crippen molar-refractivity contribution in [2.75, 3.05) is 14.2 Å². The zero-order valence-corrected chi connectivity index (χ0v) is 10.4. The third-order valence-corrected chi connectivity index (χ3v) is 2.77. The summed E-state index contributed by atoms with van der Waals surface area (Å²) < 4.78 is 0. The second kappa shape index (κ2) is 5.12. The van der Waals surface area contributed by atoms with Crippen LogP contribution in [0.2, 0.25) is 0 Å². The van der Waals surface area contributed by atoms with Gasteiger partial charge in [0.25, 0.3) is 0 Å². The number of hydrogen-bond donors (Lipinski definition) is 0. The molecule has 1 rings (SSSR count). The SMILES string of the molecule is CON(C)C(=O)CC(C)(C)c1ccccc1. The van der Waals surface area contributed by atoms with E-state index < -0.39 is 0 Å². The standard InChI is InChI=1S/C13H19NO2/c1-13(2,10-12(15)14(3)16-4)11-8-6-5-7-9-11/h5-9H,10H2,1-4H3. The Hall–Kier alpha value is -1.35. The van der Waals surface area contributed by atoms with E-state index in [1.165, 1.54) is 12.2 Å². The zero-order chi connectivity index (χ0) is 12.2. The Morgan fingerprint density at radius 1 is 1.31 bits per heavy atom. The number of rotatable bonds is 4. The van der Waals surface area contributed by atoms with E-state index in [-0.39, 0.29) is 11.3 Å². The largest absolute Gasteiger partial charge is 0.275 e. The molecule has 16 heavy (non-hydrogen) atoms. The molecule has 3 nitrogen and oxygen atoms in total. The molecule has 0 saturated heterocycles. The van der Waals surface area contributed by atoms with Crippen molar-refractivity contribution in [3.63, 3.8) is 0 Å². The normalized spacial score (nSPS) is 11.2. The molecule has 0 bridgehead atoms. The van der Waals surface area contributed by atoms with E-state index >= 15 is 0 Å². The van der Waals surface area contributed by atoms with Crippen LogP contribution in [0.3, 0.4) is 0 Å². The Morgan fingerprint density at radius 2 is 1.88 bits per heavy atom. The van der Waals surface area contributed by atoms with Crippen molar-refractivity contribution >= 4 is 5.91 Å². The lowest BCUT2D eigenvalue weighted by atomic mass is 9.81. The number of benzene rings is 1. The van der Waals surface area contributed by atoms with Crippen LogP contribution >= 0.6 is 0 Å². The molecule has 88 valence electrons. The second-order valence-electron chi connectivity index (χ2n) is 4.50. The number of hydrogen-bond acceptors (Lipinski definition) is 2. The maximum absolute atomic E-state index is 11.8. The molecule has 0 atom stereocenters. The van der Waals surface area contributed by atoms with Gasteiger partial charge in [-0.15, -0.1) is 0 Å². The predicted octanol–water partition coefficient (Wildman–Crippen LogP) is 2.37. The van der Waals surface area contributed by atoms with E-state index in [0.29, 0.717) is 6.42 Å². The van der Waals surface area contributed by atoms with E-state index in [4.69, 9.17) is 4.84 Å². The van der Waals surface area contributed by atoms with Gasteiger partial charge in [0, 0.05) is 13.5 Å². The van der Waals surface area contributed by atoms with Crippen molar-refractivity contribution in [1.82, 2.24) is 5.06 Å². The van der Waals surface area contributed by atoms with Gasteiger partial charge >= 0.3 is 0 Å². The number of carbonyl (C=O) groups is 1. The quantitative estimate of drug-likeness (QED) is 0.730. The number of amides is 1. The summed E-state index contributed by atoms with van der Waals surface area (Å²) in [6, 6.07) is 10.0. The third-order valence-electron chi connectivity index (χ3n) is 2.77. The minimum absolute atomic E-state index is 0.0173. The summed E-state index contributed by atoms with van der Waals surface area (Å²) >= 11 is 0. The molecule has 1 aromatic carbocycles. The molecule has 0 aromatic heterocycles. The van der Waals surface area contributed by atoms with Crippen molar-refractivity contribution in [2.24, 2.45) is 0 Å². The molecule has 0 fully saturated rings. The Labute approximate surface area is 97.0 Å². The molecule has 0 unspecified atom stereocenters. The molecule has 0 saturated carbocycles. The van der Waals surface area contributed by atoms with Gasteiger partial charge in [0.2, 0.25) is 5.91 Å². The Kier molecular flexibility index (Phi) is 4.07. The highest BCUT2D eigenvalue weighted by molar-refractivity contribution is 5.76. The molecule has 0 aliphatic carbocycles. The van der Waals surface area contributed by atoms with Crippen LogP contribution in [0.4, 0.5) is 0 Å². The summed E-state index contributed by atoms with van der Waals surface area (Å²) in [6.45, 7) is 4.12. The van der Waals surface area contributed by atoms with Crippen molar-refractivity contribution in [2.45, 2.75) is 25.7 Å². The predicted molar refractivity (Wildman–Crippen MR) is 63.9 cm³/mol. The summed E-state index contributed by atoms with van der Waals surface area (Å²) in [5.41, 5.74) is 0.985. The molecule has 1 amide bonds. The van der Waals surface area contributed by atoms with Crippen LogP contribution in [-0.2, 0) is 15.0 Å². The molecule has 0 aliphatic rings. The van der Waals surface area contributed by atoms with Gasteiger partial charge < -0.3 is 0 Å². The Morgan fingerprint density at radius 3 is 2.38 bits per heavy atom. The van der Waals surface area contributed by atoms with Crippen LogP contribution in [0.25, 0.3) is 0 Å². The highest BCUT2D eigenvalue weighted by Gasteiger charge is 2.25. The van der Waals surface area contributed by atoms with Gasteiger partial charge in [0.05, 0.1) is 7.11 Å². The minimum atomic E-state index is -0.175. The van der Waals surface area contributed by atoms with Gasteiger partial charge in [0.15, 0.2) is 0 Å². The Balaban J connectivity index is 2.76.